The Morgan fingerprint density at radius 3 is 0.758 bits per heavy atom. The minimum absolute atomic E-state index is 1.08. The fraction of sp³-hybridized carbons (Fsp3) is 0.143. The molecule has 0 fully saturated rings. The normalized spacial score (nSPS) is 12.1. The third-order valence-corrected chi connectivity index (χ3v) is 43.4. The molecule has 0 spiro atoms. The van der Waals surface area contributed by atoms with Crippen LogP contribution >= 0.6 is 17.8 Å². The van der Waals surface area contributed by atoms with E-state index in [1.807, 2.05) is 0 Å². The summed E-state index contributed by atoms with van der Waals surface area (Å²) in [5, 5.41) is 0. The average Bonchev–Trinajstić information content (AvgIpc) is 2.80. The van der Waals surface area contributed by atoms with Crippen LogP contribution < -0.4 is 14.3 Å². The quantitative estimate of drug-likeness (QED) is 0.253. The summed E-state index contributed by atoms with van der Waals surface area (Å²) >= 11 is -8.26. The van der Waals surface area contributed by atoms with Crippen LogP contribution in [0.3, 0.4) is 0 Å². The Labute approximate surface area is 214 Å². The van der Waals surface area contributed by atoms with Crippen molar-refractivity contribution < 1.29 is 1.41 Å². The molecular weight excluding hydrogens is 661 g/mol. The predicted molar refractivity (Wildman–Crippen MR) is 148 cm³/mol. The van der Waals surface area contributed by atoms with Crippen LogP contribution in [0.5, 0.6) is 0 Å². The summed E-state index contributed by atoms with van der Waals surface area (Å²) in [6.45, 7) is 8.36. The topological polar surface area (TPSA) is 9.23 Å². The van der Waals surface area contributed by atoms with Crippen molar-refractivity contribution in [3.05, 3.63) is 119 Å². The number of aryl methyl sites for hydroxylation is 4. The summed E-state index contributed by atoms with van der Waals surface area (Å²) in [5.41, 5.74) is 4.80. The molecule has 0 aliphatic heterocycles. The minimum atomic E-state index is -4.13. The summed E-state index contributed by atoms with van der Waals surface area (Å²) in [7, 11) is 15.4. The van der Waals surface area contributed by atoms with Crippen LogP contribution in [0, 0.1) is 27.7 Å². The monoisotopic (exact) mass is 690 g/mol. The molecule has 0 unspecified atom stereocenters. The zero-order valence-corrected chi connectivity index (χ0v) is 26.6. The van der Waals surface area contributed by atoms with Gasteiger partial charge in [0.15, 0.2) is 0 Å². The van der Waals surface area contributed by atoms with E-state index in [0.717, 1.165) is 14.3 Å². The average molecular weight is 689 g/mol. The van der Waals surface area contributed by atoms with E-state index in [9.17, 15) is 0 Å². The van der Waals surface area contributed by atoms with Gasteiger partial charge in [-0.3, -0.25) is 0 Å². The molecule has 0 N–H and O–H groups in total. The molecule has 0 saturated heterocycles. The number of halogens is 2. The standard InChI is InChI=1S/4C7H7.2ClH.O.2Sn/c4*1-7-5-3-2-4-6-7;;;;;/h4*3-6H,1H3;2*1H;;;/q;;;;;;;2*+1/p-2. The maximum absolute atomic E-state index is 7.70. The van der Waals surface area contributed by atoms with Crippen LogP contribution in [0.1, 0.15) is 22.3 Å². The third kappa shape index (κ3) is 5.48. The summed E-state index contributed by atoms with van der Waals surface area (Å²) in [5.74, 6) is 0. The Morgan fingerprint density at radius 1 is 0.394 bits per heavy atom. The molecule has 0 saturated carbocycles. The fourth-order valence-corrected chi connectivity index (χ4v) is 47.0. The van der Waals surface area contributed by atoms with E-state index in [0.29, 0.717) is 0 Å². The predicted octanol–water partition coefficient (Wildman–Crippen LogP) is 5.23. The van der Waals surface area contributed by atoms with Gasteiger partial charge >= 0.3 is 216 Å². The molecule has 0 aromatic heterocycles. The van der Waals surface area contributed by atoms with Gasteiger partial charge in [0.2, 0.25) is 0 Å². The van der Waals surface area contributed by atoms with Crippen molar-refractivity contribution >= 4 is 67.5 Å². The molecule has 33 heavy (non-hydrogen) atoms. The Hall–Kier alpha value is -0.983. The first-order valence-electron chi connectivity index (χ1n) is 11.1. The molecule has 4 aromatic rings. The molecule has 168 valence electrons. The van der Waals surface area contributed by atoms with Crippen LogP contribution in [0.25, 0.3) is 0 Å². The first kappa shape index (κ1) is 25.1. The molecule has 0 aliphatic rings. The van der Waals surface area contributed by atoms with Gasteiger partial charge in [-0.1, -0.05) is 0 Å². The van der Waals surface area contributed by atoms with Crippen LogP contribution in [-0.2, 0) is 1.41 Å². The summed E-state index contributed by atoms with van der Waals surface area (Å²) < 4.78 is 11.6. The third-order valence-electron chi connectivity index (χ3n) is 5.97. The van der Waals surface area contributed by atoms with E-state index in [-0.39, 0.29) is 0 Å². The SMILES string of the molecule is Cc1cc[c]([Sn]([Cl])([O][Sn]([Cl])([c]2ccc(C)cc2)[c]2ccc(C)cc2)[c]2ccc(C)cc2)cc1. The molecule has 0 atom stereocenters. The Bertz CT molecular complexity index is 1030. The molecule has 0 radical (unpaired) electrons. The van der Waals surface area contributed by atoms with Crippen molar-refractivity contribution in [3.8, 4) is 0 Å². The van der Waals surface area contributed by atoms with Crippen molar-refractivity contribution in [2.24, 2.45) is 0 Å². The Morgan fingerprint density at radius 2 is 0.576 bits per heavy atom. The van der Waals surface area contributed by atoms with Gasteiger partial charge in [0, 0.05) is 0 Å². The van der Waals surface area contributed by atoms with E-state index >= 15 is 0 Å². The molecule has 0 amide bonds. The molecule has 5 heteroatoms. The first-order valence-corrected chi connectivity index (χ1v) is 26.3. The maximum atomic E-state index is 7.70. The van der Waals surface area contributed by atoms with Gasteiger partial charge in [-0.2, -0.15) is 0 Å². The van der Waals surface area contributed by atoms with Gasteiger partial charge < -0.3 is 0 Å². The molecule has 0 aliphatic carbocycles. The van der Waals surface area contributed by atoms with E-state index in [4.69, 9.17) is 19.3 Å². The van der Waals surface area contributed by atoms with Crippen LogP contribution in [0.4, 0.5) is 0 Å². The molecule has 1 nitrogen and oxygen atoms in total. The molecule has 4 aromatic carbocycles. The van der Waals surface area contributed by atoms with Crippen molar-refractivity contribution in [2.45, 2.75) is 27.7 Å². The number of rotatable bonds is 6. The molecule has 4 rings (SSSR count). The Kier molecular flexibility index (Phi) is 7.86. The zero-order valence-electron chi connectivity index (χ0n) is 19.4. The molecule has 0 bridgehead atoms. The van der Waals surface area contributed by atoms with E-state index in [1.165, 1.54) is 22.3 Å². The zero-order chi connectivity index (χ0) is 23.6. The van der Waals surface area contributed by atoms with Crippen LogP contribution in [0.15, 0.2) is 97.1 Å². The van der Waals surface area contributed by atoms with Gasteiger partial charge in [-0.25, -0.2) is 0 Å². The summed E-state index contributed by atoms with van der Waals surface area (Å²) in [4.78, 5) is 0. The Balaban J connectivity index is 1.92. The first-order chi connectivity index (χ1) is 15.7. The fourth-order valence-electron chi connectivity index (χ4n) is 3.83. The second kappa shape index (κ2) is 10.3. The number of hydrogen-bond acceptors (Lipinski definition) is 1. The van der Waals surface area contributed by atoms with Gasteiger partial charge in [0.1, 0.15) is 0 Å². The molecule has 0 heterocycles. The van der Waals surface area contributed by atoms with Crippen molar-refractivity contribution in [2.75, 3.05) is 0 Å². The van der Waals surface area contributed by atoms with E-state index in [1.54, 1.807) is 0 Å². The van der Waals surface area contributed by atoms with E-state index in [2.05, 4.69) is 125 Å². The van der Waals surface area contributed by atoms with Gasteiger partial charge in [0.25, 0.3) is 0 Å². The van der Waals surface area contributed by atoms with Crippen molar-refractivity contribution in [3.63, 3.8) is 0 Å². The van der Waals surface area contributed by atoms with Gasteiger partial charge in [-0.15, -0.1) is 0 Å². The van der Waals surface area contributed by atoms with E-state index < -0.39 is 35.3 Å². The van der Waals surface area contributed by atoms with Crippen molar-refractivity contribution in [1.29, 1.82) is 0 Å². The van der Waals surface area contributed by atoms with Crippen LogP contribution in [-0.4, -0.2) is 35.3 Å². The number of benzene rings is 4. The van der Waals surface area contributed by atoms with Crippen LogP contribution in [0.2, 0.25) is 0 Å². The summed E-state index contributed by atoms with van der Waals surface area (Å²) in [6, 6.07) is 34.0. The second-order valence-electron chi connectivity index (χ2n) is 8.76. The summed E-state index contributed by atoms with van der Waals surface area (Å²) in [6.07, 6.45) is 0. The second-order valence-corrected chi connectivity index (χ2v) is 33.8. The van der Waals surface area contributed by atoms with Crippen molar-refractivity contribution in [1.82, 2.24) is 0 Å². The van der Waals surface area contributed by atoms with Gasteiger partial charge in [-0.05, 0) is 0 Å². The number of hydrogen-bond donors (Lipinski definition) is 0. The molecular formula is C28H28Cl2OSn2. The van der Waals surface area contributed by atoms with Gasteiger partial charge in [0.05, 0.1) is 0 Å².